The highest BCUT2D eigenvalue weighted by Crippen LogP contribution is 2.12. The Labute approximate surface area is 97.0 Å². The molecule has 0 saturated carbocycles. The number of rotatable bonds is 4. The van der Waals surface area contributed by atoms with Crippen molar-refractivity contribution in [2.24, 2.45) is 0 Å². The summed E-state index contributed by atoms with van der Waals surface area (Å²) in [6.45, 7) is 5.81. The van der Waals surface area contributed by atoms with E-state index in [-0.39, 0.29) is 0 Å². The average molecular weight is 219 g/mol. The second kappa shape index (κ2) is 5.00. The summed E-state index contributed by atoms with van der Waals surface area (Å²) < 4.78 is 5.16. The number of hydrogen-bond donors (Lipinski definition) is 2. The fourth-order valence-electron chi connectivity index (χ4n) is 1.94. The van der Waals surface area contributed by atoms with Crippen molar-refractivity contribution in [3.8, 4) is 0 Å². The van der Waals surface area contributed by atoms with Crippen LogP contribution in [-0.2, 0) is 17.7 Å². The minimum atomic E-state index is -0.724. The van der Waals surface area contributed by atoms with Gasteiger partial charge in [-0.05, 0) is 29.6 Å². The number of hydrogen-bond acceptors (Lipinski definition) is 3. The fourth-order valence-corrected chi connectivity index (χ4v) is 1.94. The van der Waals surface area contributed by atoms with E-state index in [1.807, 2.05) is 6.07 Å². The van der Waals surface area contributed by atoms with Gasteiger partial charge < -0.3 is 15.0 Å². The third-order valence-electron chi connectivity index (χ3n) is 2.84. The van der Waals surface area contributed by atoms with Crippen molar-refractivity contribution in [3.63, 3.8) is 0 Å². The van der Waals surface area contributed by atoms with Crippen LogP contribution in [0, 0.1) is 0 Å². The second-order valence-corrected chi connectivity index (χ2v) is 4.56. The standard InChI is InChI=1S/C12H18BNO2/c1-9(2)14-6-5-10-3-4-12-11(7-10)8-16-13(12)15/h3-4,7,9,14-15H,5-6,8H2,1-2H3. The van der Waals surface area contributed by atoms with Gasteiger partial charge in [-0.1, -0.05) is 32.0 Å². The lowest BCUT2D eigenvalue weighted by atomic mass is 9.79. The Kier molecular flexibility index (Phi) is 3.64. The van der Waals surface area contributed by atoms with E-state index in [9.17, 15) is 5.02 Å². The summed E-state index contributed by atoms with van der Waals surface area (Å²) in [5.41, 5.74) is 3.33. The van der Waals surface area contributed by atoms with E-state index in [0.29, 0.717) is 12.6 Å². The van der Waals surface area contributed by atoms with Gasteiger partial charge in [0.1, 0.15) is 0 Å². The molecule has 0 aliphatic carbocycles. The molecule has 2 rings (SSSR count). The normalized spacial score (nSPS) is 14.6. The van der Waals surface area contributed by atoms with Gasteiger partial charge >= 0.3 is 7.12 Å². The van der Waals surface area contributed by atoms with E-state index < -0.39 is 7.12 Å². The van der Waals surface area contributed by atoms with Crippen molar-refractivity contribution >= 4 is 12.6 Å². The first kappa shape index (κ1) is 11.6. The Hall–Kier alpha value is -0.835. The monoisotopic (exact) mass is 219 g/mol. The molecule has 0 fully saturated rings. The molecule has 0 atom stereocenters. The molecule has 3 nitrogen and oxygen atoms in total. The van der Waals surface area contributed by atoms with Gasteiger partial charge in [-0.3, -0.25) is 0 Å². The lowest BCUT2D eigenvalue weighted by Gasteiger charge is -2.08. The van der Waals surface area contributed by atoms with Crippen LogP contribution in [0.1, 0.15) is 25.0 Å². The third kappa shape index (κ3) is 2.64. The fraction of sp³-hybridized carbons (Fsp3) is 0.500. The molecule has 0 bridgehead atoms. The van der Waals surface area contributed by atoms with Crippen molar-refractivity contribution in [3.05, 3.63) is 29.3 Å². The molecule has 0 spiro atoms. The molecule has 0 unspecified atom stereocenters. The van der Waals surface area contributed by atoms with E-state index >= 15 is 0 Å². The summed E-state index contributed by atoms with van der Waals surface area (Å²) in [7, 11) is -0.724. The van der Waals surface area contributed by atoms with Crippen molar-refractivity contribution in [2.75, 3.05) is 6.54 Å². The predicted molar refractivity (Wildman–Crippen MR) is 65.7 cm³/mol. The van der Waals surface area contributed by atoms with Crippen molar-refractivity contribution in [2.45, 2.75) is 32.9 Å². The maximum atomic E-state index is 9.49. The van der Waals surface area contributed by atoms with Gasteiger partial charge in [-0.15, -0.1) is 0 Å². The van der Waals surface area contributed by atoms with Crippen LogP contribution in [0.3, 0.4) is 0 Å². The quantitative estimate of drug-likeness (QED) is 0.722. The summed E-state index contributed by atoms with van der Waals surface area (Å²) in [4.78, 5) is 0. The summed E-state index contributed by atoms with van der Waals surface area (Å²) in [5, 5.41) is 12.9. The van der Waals surface area contributed by atoms with Gasteiger partial charge in [0, 0.05) is 6.04 Å². The number of fused-ring (bicyclic) bond motifs is 1. The van der Waals surface area contributed by atoms with E-state index in [0.717, 1.165) is 24.0 Å². The highest BCUT2D eigenvalue weighted by molar-refractivity contribution is 6.61. The van der Waals surface area contributed by atoms with Crippen LogP contribution in [0.2, 0.25) is 0 Å². The van der Waals surface area contributed by atoms with Gasteiger partial charge in [0.05, 0.1) is 6.61 Å². The molecule has 4 heteroatoms. The summed E-state index contributed by atoms with van der Waals surface area (Å²) in [5.74, 6) is 0. The molecule has 1 aromatic carbocycles. The molecule has 0 radical (unpaired) electrons. The number of nitrogens with one attached hydrogen (secondary N) is 1. The summed E-state index contributed by atoms with van der Waals surface area (Å²) in [6, 6.07) is 6.70. The molecule has 86 valence electrons. The molecule has 16 heavy (non-hydrogen) atoms. The molecule has 0 saturated heterocycles. The molecule has 0 aromatic heterocycles. The lowest BCUT2D eigenvalue weighted by molar-refractivity contribution is 0.275. The van der Waals surface area contributed by atoms with E-state index in [1.54, 1.807) is 0 Å². The van der Waals surface area contributed by atoms with Crippen LogP contribution in [-0.4, -0.2) is 24.7 Å². The molecule has 1 aliphatic heterocycles. The largest absolute Gasteiger partial charge is 0.491 e. The van der Waals surface area contributed by atoms with Crippen molar-refractivity contribution in [1.82, 2.24) is 5.32 Å². The van der Waals surface area contributed by atoms with Crippen LogP contribution < -0.4 is 10.8 Å². The van der Waals surface area contributed by atoms with E-state index in [1.165, 1.54) is 5.56 Å². The van der Waals surface area contributed by atoms with Gasteiger partial charge in [0.2, 0.25) is 0 Å². The molecule has 0 amide bonds. The van der Waals surface area contributed by atoms with Crippen LogP contribution in [0.25, 0.3) is 0 Å². The van der Waals surface area contributed by atoms with Crippen LogP contribution in [0.5, 0.6) is 0 Å². The lowest BCUT2D eigenvalue weighted by Crippen LogP contribution is -2.28. The SMILES string of the molecule is CC(C)NCCc1ccc2c(c1)COB2O. The van der Waals surface area contributed by atoms with Gasteiger partial charge in [-0.25, -0.2) is 0 Å². The van der Waals surface area contributed by atoms with Crippen molar-refractivity contribution in [1.29, 1.82) is 0 Å². The average Bonchev–Trinajstić information content (AvgIpc) is 2.60. The first-order chi connectivity index (χ1) is 7.66. The van der Waals surface area contributed by atoms with E-state index in [2.05, 4.69) is 31.3 Å². The van der Waals surface area contributed by atoms with Crippen molar-refractivity contribution < 1.29 is 9.68 Å². The Morgan fingerprint density at radius 1 is 1.50 bits per heavy atom. The van der Waals surface area contributed by atoms with Gasteiger partial charge in [0.15, 0.2) is 0 Å². The number of benzene rings is 1. The predicted octanol–water partition coefficient (Wildman–Crippen LogP) is 0.445. The van der Waals surface area contributed by atoms with Crippen LogP contribution in [0.15, 0.2) is 18.2 Å². The second-order valence-electron chi connectivity index (χ2n) is 4.56. The van der Waals surface area contributed by atoms with Gasteiger partial charge in [0.25, 0.3) is 0 Å². The maximum absolute atomic E-state index is 9.49. The highest BCUT2D eigenvalue weighted by Gasteiger charge is 2.26. The maximum Gasteiger partial charge on any atom is 0.491 e. The smallest absolute Gasteiger partial charge is 0.423 e. The minimum absolute atomic E-state index is 0.527. The zero-order valence-electron chi connectivity index (χ0n) is 9.86. The zero-order valence-corrected chi connectivity index (χ0v) is 9.86. The Morgan fingerprint density at radius 3 is 3.06 bits per heavy atom. The molecular weight excluding hydrogens is 201 g/mol. The third-order valence-corrected chi connectivity index (χ3v) is 2.84. The molecule has 1 aliphatic rings. The molecule has 1 aromatic rings. The Balaban J connectivity index is 1.97. The van der Waals surface area contributed by atoms with E-state index in [4.69, 9.17) is 4.65 Å². The Bertz CT molecular complexity index is 368. The first-order valence-electron chi connectivity index (χ1n) is 5.81. The zero-order chi connectivity index (χ0) is 11.5. The van der Waals surface area contributed by atoms with Gasteiger partial charge in [-0.2, -0.15) is 0 Å². The molecule has 1 heterocycles. The Morgan fingerprint density at radius 2 is 2.31 bits per heavy atom. The first-order valence-corrected chi connectivity index (χ1v) is 5.81. The minimum Gasteiger partial charge on any atom is -0.423 e. The van der Waals surface area contributed by atoms with Crippen LogP contribution in [0.4, 0.5) is 0 Å². The highest BCUT2D eigenvalue weighted by atomic mass is 16.5. The van der Waals surface area contributed by atoms with Crippen LogP contribution >= 0.6 is 0 Å². The molecular formula is C12H18BNO2. The molecule has 2 N–H and O–H groups in total. The summed E-state index contributed by atoms with van der Waals surface area (Å²) in [6.07, 6.45) is 1.02. The topological polar surface area (TPSA) is 41.5 Å². The summed E-state index contributed by atoms with van der Waals surface area (Å²) >= 11 is 0.